The molecule has 0 bridgehead atoms. The molecule has 1 aromatic heterocycles. The van der Waals surface area contributed by atoms with E-state index in [4.69, 9.17) is 0 Å². The van der Waals surface area contributed by atoms with Crippen molar-refractivity contribution in [1.29, 1.82) is 0 Å². The maximum Gasteiger partial charge on any atom is 0.243 e. The number of hydrogen-bond acceptors (Lipinski definition) is 4. The summed E-state index contributed by atoms with van der Waals surface area (Å²) in [6.45, 7) is 4.91. The Morgan fingerprint density at radius 2 is 1.77 bits per heavy atom. The van der Waals surface area contributed by atoms with Gasteiger partial charge in [0.15, 0.2) is 0 Å². The van der Waals surface area contributed by atoms with E-state index in [1.165, 1.54) is 9.87 Å². The molecule has 1 amide bonds. The first kappa shape index (κ1) is 21.5. The summed E-state index contributed by atoms with van der Waals surface area (Å²) in [6.07, 6.45) is 4.27. The van der Waals surface area contributed by atoms with Gasteiger partial charge >= 0.3 is 0 Å². The van der Waals surface area contributed by atoms with Gasteiger partial charge < -0.3 is 5.32 Å². The molecule has 6 nitrogen and oxygen atoms in total. The van der Waals surface area contributed by atoms with Gasteiger partial charge in [-0.25, -0.2) is 8.42 Å². The van der Waals surface area contributed by atoms with Crippen molar-refractivity contribution in [3.05, 3.63) is 66.5 Å². The maximum absolute atomic E-state index is 13.3. The van der Waals surface area contributed by atoms with Crippen molar-refractivity contribution < 1.29 is 13.2 Å². The van der Waals surface area contributed by atoms with Crippen molar-refractivity contribution in [1.82, 2.24) is 9.29 Å². The van der Waals surface area contributed by atoms with E-state index in [-0.39, 0.29) is 11.8 Å². The summed E-state index contributed by atoms with van der Waals surface area (Å²) in [5.41, 5.74) is 1.99. The summed E-state index contributed by atoms with van der Waals surface area (Å²) in [7, 11) is -3.64. The fourth-order valence-corrected chi connectivity index (χ4v) is 5.69. The average molecular weight is 438 g/mol. The van der Waals surface area contributed by atoms with Crippen molar-refractivity contribution in [2.45, 2.75) is 37.5 Å². The number of pyridine rings is 1. The molecular weight excluding hydrogens is 410 g/mol. The number of piperidine rings is 1. The van der Waals surface area contributed by atoms with Crippen LogP contribution in [-0.4, -0.2) is 36.7 Å². The van der Waals surface area contributed by atoms with Crippen LogP contribution < -0.4 is 5.32 Å². The molecule has 162 valence electrons. The highest BCUT2D eigenvalue weighted by molar-refractivity contribution is 7.89. The first-order valence-corrected chi connectivity index (χ1v) is 12.0. The largest absolute Gasteiger partial charge is 0.326 e. The lowest BCUT2D eigenvalue weighted by Crippen LogP contribution is -2.41. The maximum atomic E-state index is 13.3. The number of benzene rings is 2. The first-order valence-electron chi connectivity index (χ1n) is 10.6. The highest BCUT2D eigenvalue weighted by Gasteiger charge is 2.33. The lowest BCUT2D eigenvalue weighted by Gasteiger charge is -2.30. The van der Waals surface area contributed by atoms with Crippen LogP contribution in [0.4, 0.5) is 5.69 Å². The molecule has 1 N–H and O–H groups in total. The van der Waals surface area contributed by atoms with Crippen molar-refractivity contribution in [3.63, 3.8) is 0 Å². The monoisotopic (exact) mass is 437 g/mol. The zero-order valence-corrected chi connectivity index (χ0v) is 18.6. The van der Waals surface area contributed by atoms with Crippen molar-refractivity contribution in [2.75, 3.05) is 18.4 Å². The second-order valence-corrected chi connectivity index (χ2v) is 10.2. The number of anilines is 1. The molecule has 0 aliphatic carbocycles. The van der Waals surface area contributed by atoms with E-state index in [1.807, 2.05) is 30.3 Å². The van der Waals surface area contributed by atoms with Gasteiger partial charge in [-0.15, -0.1) is 0 Å². The van der Waals surface area contributed by atoms with Crippen molar-refractivity contribution >= 4 is 32.4 Å². The van der Waals surface area contributed by atoms with Gasteiger partial charge in [0.2, 0.25) is 15.9 Å². The van der Waals surface area contributed by atoms with Crippen LogP contribution in [0, 0.1) is 5.92 Å². The molecule has 0 spiro atoms. The number of carbonyl (C=O) groups excluding carboxylic acids is 1. The number of carbonyl (C=O) groups is 1. The average Bonchev–Trinajstić information content (AvgIpc) is 2.79. The number of hydrogen-bond donors (Lipinski definition) is 1. The summed E-state index contributed by atoms with van der Waals surface area (Å²) in [5.74, 6) is 0.188. The molecule has 7 heteroatoms. The Hall–Kier alpha value is -2.77. The standard InChI is InChI=1S/C24H27N3O3S/c1-17(2)18-6-8-21(9-7-18)26-24(28)19-11-14-27(15-12-19)31(29,30)23-5-3-4-20-16-25-13-10-22(20)23/h3-10,13,16-17,19H,11-12,14-15H2,1-2H3,(H,26,28). The normalized spacial score (nSPS) is 16.0. The minimum atomic E-state index is -3.64. The minimum absolute atomic E-state index is 0.0504. The van der Waals surface area contributed by atoms with Crippen LogP contribution in [0.5, 0.6) is 0 Å². The molecule has 0 unspecified atom stereocenters. The summed E-state index contributed by atoms with van der Waals surface area (Å²) in [6, 6.07) is 14.8. The second kappa shape index (κ2) is 8.77. The molecule has 0 saturated carbocycles. The zero-order valence-electron chi connectivity index (χ0n) is 17.8. The van der Waals surface area contributed by atoms with Crippen LogP contribution in [0.15, 0.2) is 65.8 Å². The quantitative estimate of drug-likeness (QED) is 0.642. The number of amides is 1. The molecule has 2 heterocycles. The predicted octanol–water partition coefficient (Wildman–Crippen LogP) is 4.40. The second-order valence-electron chi connectivity index (χ2n) is 8.30. The fourth-order valence-electron chi connectivity index (χ4n) is 4.01. The molecular formula is C24H27N3O3S. The van der Waals surface area contributed by atoms with Crippen LogP contribution in [0.2, 0.25) is 0 Å². The van der Waals surface area contributed by atoms with E-state index in [9.17, 15) is 13.2 Å². The Labute approximate surface area is 183 Å². The van der Waals surface area contributed by atoms with Crippen LogP contribution in [0.3, 0.4) is 0 Å². The van der Waals surface area contributed by atoms with Gasteiger partial charge in [0, 0.05) is 47.9 Å². The van der Waals surface area contributed by atoms with Gasteiger partial charge in [0.25, 0.3) is 0 Å². The van der Waals surface area contributed by atoms with E-state index in [2.05, 4.69) is 24.1 Å². The predicted molar refractivity (Wildman–Crippen MR) is 122 cm³/mol. The van der Waals surface area contributed by atoms with E-state index in [1.54, 1.807) is 30.6 Å². The Morgan fingerprint density at radius 3 is 2.45 bits per heavy atom. The lowest BCUT2D eigenvalue weighted by atomic mass is 9.97. The Balaban J connectivity index is 1.42. The molecule has 1 aliphatic heterocycles. The fraction of sp³-hybridized carbons (Fsp3) is 0.333. The number of sulfonamides is 1. The molecule has 3 aromatic rings. The molecule has 4 rings (SSSR count). The zero-order chi connectivity index (χ0) is 22.0. The number of rotatable bonds is 5. The molecule has 0 radical (unpaired) electrons. The summed E-state index contributed by atoms with van der Waals surface area (Å²) >= 11 is 0. The number of fused-ring (bicyclic) bond motifs is 1. The first-order chi connectivity index (χ1) is 14.9. The van der Waals surface area contributed by atoms with E-state index in [0.29, 0.717) is 42.1 Å². The van der Waals surface area contributed by atoms with Gasteiger partial charge in [-0.2, -0.15) is 4.31 Å². The SMILES string of the molecule is CC(C)c1ccc(NC(=O)C2CCN(S(=O)(=O)c3cccc4cnccc34)CC2)cc1. The van der Waals surface area contributed by atoms with Gasteiger partial charge in [-0.05, 0) is 48.6 Å². The lowest BCUT2D eigenvalue weighted by molar-refractivity contribution is -0.120. The van der Waals surface area contributed by atoms with E-state index in [0.717, 1.165) is 11.1 Å². The van der Waals surface area contributed by atoms with Crippen LogP contribution in [0.25, 0.3) is 10.8 Å². The van der Waals surface area contributed by atoms with Crippen molar-refractivity contribution in [3.8, 4) is 0 Å². The highest BCUT2D eigenvalue weighted by Crippen LogP contribution is 2.29. The number of aromatic nitrogens is 1. The number of nitrogens with zero attached hydrogens (tertiary/aromatic N) is 2. The smallest absolute Gasteiger partial charge is 0.243 e. The van der Waals surface area contributed by atoms with Crippen LogP contribution in [-0.2, 0) is 14.8 Å². The molecule has 0 atom stereocenters. The molecule has 2 aromatic carbocycles. The molecule has 1 saturated heterocycles. The van der Waals surface area contributed by atoms with E-state index < -0.39 is 10.0 Å². The third kappa shape index (κ3) is 4.48. The minimum Gasteiger partial charge on any atom is -0.326 e. The Bertz CT molecular complexity index is 1180. The molecule has 31 heavy (non-hydrogen) atoms. The van der Waals surface area contributed by atoms with Crippen LogP contribution in [0.1, 0.15) is 38.2 Å². The van der Waals surface area contributed by atoms with Gasteiger partial charge in [-0.3, -0.25) is 9.78 Å². The highest BCUT2D eigenvalue weighted by atomic mass is 32.2. The Morgan fingerprint density at radius 1 is 1.06 bits per heavy atom. The Kier molecular flexibility index (Phi) is 6.07. The van der Waals surface area contributed by atoms with Gasteiger partial charge in [0.1, 0.15) is 0 Å². The van der Waals surface area contributed by atoms with Crippen molar-refractivity contribution in [2.24, 2.45) is 5.92 Å². The summed E-state index contributed by atoms with van der Waals surface area (Å²) in [5, 5.41) is 4.43. The third-order valence-electron chi connectivity index (χ3n) is 5.93. The molecule has 1 fully saturated rings. The van der Waals surface area contributed by atoms with Gasteiger partial charge in [-0.1, -0.05) is 38.1 Å². The van der Waals surface area contributed by atoms with E-state index >= 15 is 0 Å². The number of nitrogens with one attached hydrogen (secondary N) is 1. The van der Waals surface area contributed by atoms with Gasteiger partial charge in [0.05, 0.1) is 4.90 Å². The molecule has 1 aliphatic rings. The van der Waals surface area contributed by atoms with Crippen LogP contribution >= 0.6 is 0 Å². The topological polar surface area (TPSA) is 79.4 Å². The summed E-state index contributed by atoms with van der Waals surface area (Å²) in [4.78, 5) is 17.1. The third-order valence-corrected chi connectivity index (χ3v) is 7.88. The summed E-state index contributed by atoms with van der Waals surface area (Å²) < 4.78 is 28.0.